The average molecular weight is 347 g/mol. The standard InChI is InChI=1S/C17H15BrO3/c1-20-14-4-2-11(3-5-14)8-16(19)15-10-13(18)9-12-6-7-21-17(12)15/h2-5,9-10H,6-8H2,1H3. The van der Waals surface area contributed by atoms with E-state index in [4.69, 9.17) is 9.47 Å². The van der Waals surface area contributed by atoms with Crippen LogP contribution in [0.25, 0.3) is 0 Å². The van der Waals surface area contributed by atoms with Crippen LogP contribution in [0.3, 0.4) is 0 Å². The van der Waals surface area contributed by atoms with E-state index >= 15 is 0 Å². The highest BCUT2D eigenvalue weighted by Gasteiger charge is 2.21. The summed E-state index contributed by atoms with van der Waals surface area (Å²) in [5.74, 6) is 1.61. The molecule has 0 unspecified atom stereocenters. The number of ether oxygens (including phenoxy) is 2. The number of hydrogen-bond acceptors (Lipinski definition) is 3. The molecule has 0 saturated carbocycles. The summed E-state index contributed by atoms with van der Waals surface area (Å²) < 4.78 is 11.7. The third kappa shape index (κ3) is 2.95. The number of halogens is 1. The maximum atomic E-state index is 12.5. The predicted molar refractivity (Wildman–Crippen MR) is 84.4 cm³/mol. The van der Waals surface area contributed by atoms with Gasteiger partial charge in [0.1, 0.15) is 11.5 Å². The van der Waals surface area contributed by atoms with Gasteiger partial charge in [-0.15, -0.1) is 0 Å². The molecule has 1 aliphatic heterocycles. The molecule has 21 heavy (non-hydrogen) atoms. The summed E-state index contributed by atoms with van der Waals surface area (Å²) in [7, 11) is 1.63. The van der Waals surface area contributed by atoms with Crippen molar-refractivity contribution < 1.29 is 14.3 Å². The average Bonchev–Trinajstić information content (AvgIpc) is 2.95. The number of hydrogen-bond donors (Lipinski definition) is 0. The van der Waals surface area contributed by atoms with Crippen LogP contribution in [0.5, 0.6) is 11.5 Å². The maximum absolute atomic E-state index is 12.5. The number of ketones is 1. The van der Waals surface area contributed by atoms with Crippen LogP contribution in [0.4, 0.5) is 0 Å². The summed E-state index contributed by atoms with van der Waals surface area (Å²) in [4.78, 5) is 12.5. The highest BCUT2D eigenvalue weighted by Crippen LogP contribution is 2.33. The molecule has 0 saturated heterocycles. The van der Waals surface area contributed by atoms with Crippen molar-refractivity contribution in [2.75, 3.05) is 13.7 Å². The van der Waals surface area contributed by atoms with Gasteiger partial charge in [0.15, 0.2) is 5.78 Å². The van der Waals surface area contributed by atoms with E-state index in [2.05, 4.69) is 15.9 Å². The molecule has 108 valence electrons. The van der Waals surface area contributed by atoms with Gasteiger partial charge in [0, 0.05) is 17.3 Å². The second kappa shape index (κ2) is 5.90. The van der Waals surface area contributed by atoms with E-state index in [-0.39, 0.29) is 5.78 Å². The van der Waals surface area contributed by atoms with E-state index in [0.717, 1.165) is 33.5 Å². The lowest BCUT2D eigenvalue weighted by atomic mass is 10.00. The molecular formula is C17H15BrO3. The van der Waals surface area contributed by atoms with Gasteiger partial charge in [0.05, 0.1) is 19.3 Å². The van der Waals surface area contributed by atoms with Crippen molar-refractivity contribution >= 4 is 21.7 Å². The Morgan fingerprint density at radius 3 is 2.76 bits per heavy atom. The highest BCUT2D eigenvalue weighted by atomic mass is 79.9. The van der Waals surface area contributed by atoms with Crippen LogP contribution in [0.2, 0.25) is 0 Å². The molecule has 2 aromatic rings. The second-order valence-electron chi connectivity index (χ2n) is 4.99. The normalized spacial score (nSPS) is 12.7. The summed E-state index contributed by atoms with van der Waals surface area (Å²) in [6.07, 6.45) is 1.22. The minimum Gasteiger partial charge on any atom is -0.497 e. The van der Waals surface area contributed by atoms with Crippen LogP contribution in [0.1, 0.15) is 21.5 Å². The summed E-state index contributed by atoms with van der Waals surface area (Å²) in [6.45, 7) is 0.647. The first kappa shape index (κ1) is 14.1. The molecule has 2 aromatic carbocycles. The Morgan fingerprint density at radius 1 is 1.29 bits per heavy atom. The molecule has 0 amide bonds. The zero-order valence-electron chi connectivity index (χ0n) is 11.7. The number of fused-ring (bicyclic) bond motifs is 1. The zero-order chi connectivity index (χ0) is 14.8. The fraction of sp³-hybridized carbons (Fsp3) is 0.235. The Balaban J connectivity index is 1.85. The molecule has 1 heterocycles. The van der Waals surface area contributed by atoms with Gasteiger partial charge in [-0.05, 0) is 35.4 Å². The van der Waals surface area contributed by atoms with E-state index in [0.29, 0.717) is 18.6 Å². The number of rotatable bonds is 4. The topological polar surface area (TPSA) is 35.5 Å². The van der Waals surface area contributed by atoms with E-state index in [1.807, 2.05) is 36.4 Å². The van der Waals surface area contributed by atoms with E-state index in [1.165, 1.54) is 0 Å². The van der Waals surface area contributed by atoms with E-state index < -0.39 is 0 Å². The Hall–Kier alpha value is -1.81. The largest absolute Gasteiger partial charge is 0.497 e. The number of carbonyl (C=O) groups is 1. The van der Waals surface area contributed by atoms with Gasteiger partial charge in [-0.2, -0.15) is 0 Å². The Kier molecular flexibility index (Phi) is 3.97. The molecule has 0 bridgehead atoms. The van der Waals surface area contributed by atoms with Crippen molar-refractivity contribution in [3.05, 3.63) is 57.6 Å². The first-order valence-electron chi connectivity index (χ1n) is 6.79. The molecule has 0 fully saturated rings. The maximum Gasteiger partial charge on any atom is 0.171 e. The Labute approximate surface area is 132 Å². The molecule has 3 rings (SSSR count). The third-order valence-electron chi connectivity index (χ3n) is 3.57. The van der Waals surface area contributed by atoms with Gasteiger partial charge < -0.3 is 9.47 Å². The molecule has 0 radical (unpaired) electrons. The minimum absolute atomic E-state index is 0.0691. The Morgan fingerprint density at radius 2 is 2.05 bits per heavy atom. The van der Waals surface area contributed by atoms with Crippen LogP contribution in [0, 0.1) is 0 Å². The van der Waals surface area contributed by atoms with Crippen molar-refractivity contribution in [1.82, 2.24) is 0 Å². The smallest absolute Gasteiger partial charge is 0.171 e. The second-order valence-corrected chi connectivity index (χ2v) is 5.90. The number of Topliss-reactive ketones (excluding diaryl/α,β-unsaturated/α-hetero) is 1. The molecule has 0 atom stereocenters. The van der Waals surface area contributed by atoms with Crippen molar-refractivity contribution in [2.45, 2.75) is 12.8 Å². The molecule has 3 nitrogen and oxygen atoms in total. The van der Waals surface area contributed by atoms with Gasteiger partial charge in [0.25, 0.3) is 0 Å². The van der Waals surface area contributed by atoms with E-state index in [1.54, 1.807) is 7.11 Å². The van der Waals surface area contributed by atoms with Gasteiger partial charge in [0.2, 0.25) is 0 Å². The van der Waals surface area contributed by atoms with Crippen LogP contribution < -0.4 is 9.47 Å². The summed E-state index contributed by atoms with van der Waals surface area (Å²) >= 11 is 3.46. The van der Waals surface area contributed by atoms with Crippen molar-refractivity contribution in [3.63, 3.8) is 0 Å². The lowest BCUT2D eigenvalue weighted by molar-refractivity contribution is 0.0990. The summed E-state index contributed by atoms with van der Waals surface area (Å²) in [5.41, 5.74) is 2.72. The van der Waals surface area contributed by atoms with Crippen LogP contribution in [0.15, 0.2) is 40.9 Å². The molecule has 1 aliphatic rings. The minimum atomic E-state index is 0.0691. The SMILES string of the molecule is COc1ccc(CC(=O)c2cc(Br)cc3c2OCC3)cc1. The lowest BCUT2D eigenvalue weighted by Gasteiger charge is -2.09. The van der Waals surface area contributed by atoms with Gasteiger partial charge >= 0.3 is 0 Å². The first-order chi connectivity index (χ1) is 10.2. The first-order valence-corrected chi connectivity index (χ1v) is 7.58. The molecule has 0 aliphatic carbocycles. The van der Waals surface area contributed by atoms with Crippen LogP contribution >= 0.6 is 15.9 Å². The van der Waals surface area contributed by atoms with Crippen molar-refractivity contribution in [2.24, 2.45) is 0 Å². The fourth-order valence-electron chi connectivity index (χ4n) is 2.50. The summed E-state index contributed by atoms with van der Waals surface area (Å²) in [6, 6.07) is 11.4. The number of benzene rings is 2. The molecule has 0 aromatic heterocycles. The van der Waals surface area contributed by atoms with Gasteiger partial charge in [-0.25, -0.2) is 0 Å². The summed E-state index contributed by atoms with van der Waals surface area (Å²) in [5, 5.41) is 0. The quantitative estimate of drug-likeness (QED) is 0.789. The molecular weight excluding hydrogens is 332 g/mol. The number of carbonyl (C=O) groups excluding carboxylic acids is 1. The molecule has 0 spiro atoms. The van der Waals surface area contributed by atoms with Crippen LogP contribution in [-0.2, 0) is 12.8 Å². The zero-order valence-corrected chi connectivity index (χ0v) is 13.3. The van der Waals surface area contributed by atoms with Crippen molar-refractivity contribution in [1.29, 1.82) is 0 Å². The molecule has 4 heteroatoms. The lowest BCUT2D eigenvalue weighted by Crippen LogP contribution is -2.06. The predicted octanol–water partition coefficient (Wildman–Crippen LogP) is 3.82. The third-order valence-corrected chi connectivity index (χ3v) is 4.03. The fourth-order valence-corrected chi connectivity index (χ4v) is 3.01. The van der Waals surface area contributed by atoms with Crippen LogP contribution in [-0.4, -0.2) is 19.5 Å². The van der Waals surface area contributed by atoms with Crippen molar-refractivity contribution in [3.8, 4) is 11.5 Å². The Bertz CT molecular complexity index is 677. The number of methoxy groups -OCH3 is 1. The molecule has 0 N–H and O–H groups in total. The van der Waals surface area contributed by atoms with Gasteiger partial charge in [-0.1, -0.05) is 28.1 Å². The van der Waals surface area contributed by atoms with Gasteiger partial charge in [-0.3, -0.25) is 4.79 Å². The highest BCUT2D eigenvalue weighted by molar-refractivity contribution is 9.10. The monoisotopic (exact) mass is 346 g/mol. The van der Waals surface area contributed by atoms with E-state index in [9.17, 15) is 4.79 Å².